The topological polar surface area (TPSA) is 52.0 Å². The molecule has 2 heteroatoms. The van der Waals surface area contributed by atoms with Gasteiger partial charge < -0.3 is 11.5 Å². The fourth-order valence-corrected chi connectivity index (χ4v) is 3.56. The lowest BCUT2D eigenvalue weighted by Crippen LogP contribution is -2.64. The minimum absolute atomic E-state index is 0.459. The Labute approximate surface area is 134 Å². The largest absolute Gasteiger partial charge is 0.323 e. The average molecular weight is 296 g/mol. The van der Waals surface area contributed by atoms with Crippen molar-refractivity contribution in [1.82, 2.24) is 0 Å². The van der Waals surface area contributed by atoms with E-state index in [0.717, 1.165) is 36.8 Å². The summed E-state index contributed by atoms with van der Waals surface area (Å²) in [5.41, 5.74) is 15.0. The summed E-state index contributed by atoms with van der Waals surface area (Å²) >= 11 is 0. The number of nitrogens with two attached hydrogens (primary N) is 2. The smallest absolute Gasteiger partial charge is 0.0848 e. The molecule has 2 aromatic rings. The van der Waals surface area contributed by atoms with Gasteiger partial charge in [-0.3, -0.25) is 0 Å². The Hall–Kier alpha value is -1.64. The van der Waals surface area contributed by atoms with E-state index in [-0.39, 0.29) is 0 Å². The number of benzene rings is 2. The molecule has 0 saturated carbocycles. The minimum atomic E-state index is -0.679. The maximum absolute atomic E-state index is 7.07. The molecule has 0 aliphatic rings. The zero-order valence-corrected chi connectivity index (χ0v) is 13.8. The molecular formula is C20H28N2. The third-order valence-electron chi connectivity index (χ3n) is 4.64. The van der Waals surface area contributed by atoms with E-state index in [2.05, 4.69) is 38.1 Å². The van der Waals surface area contributed by atoms with E-state index in [1.807, 2.05) is 36.4 Å². The molecule has 0 aliphatic carbocycles. The first-order valence-corrected chi connectivity index (χ1v) is 8.27. The van der Waals surface area contributed by atoms with Crippen LogP contribution in [-0.4, -0.2) is 5.54 Å². The molecule has 0 aromatic heterocycles. The summed E-state index contributed by atoms with van der Waals surface area (Å²) in [6.07, 6.45) is 3.85. The first-order valence-electron chi connectivity index (χ1n) is 8.27. The highest BCUT2D eigenvalue weighted by atomic mass is 14.9. The highest BCUT2D eigenvalue weighted by Crippen LogP contribution is 2.40. The Balaban J connectivity index is 2.64. The van der Waals surface area contributed by atoms with Crippen LogP contribution in [0.1, 0.15) is 50.7 Å². The van der Waals surface area contributed by atoms with E-state index in [4.69, 9.17) is 11.5 Å². The second-order valence-electron chi connectivity index (χ2n) is 6.20. The van der Waals surface area contributed by atoms with E-state index in [0.29, 0.717) is 0 Å². The van der Waals surface area contributed by atoms with Crippen molar-refractivity contribution >= 4 is 0 Å². The molecule has 2 rings (SSSR count). The molecule has 0 heterocycles. The van der Waals surface area contributed by atoms with Crippen LogP contribution in [0.15, 0.2) is 60.7 Å². The van der Waals surface area contributed by atoms with Crippen LogP contribution in [0.3, 0.4) is 0 Å². The molecule has 2 nitrogen and oxygen atoms in total. The summed E-state index contributed by atoms with van der Waals surface area (Å²) in [6, 6.07) is 20.6. The van der Waals surface area contributed by atoms with Crippen molar-refractivity contribution in [1.29, 1.82) is 0 Å². The molecule has 22 heavy (non-hydrogen) atoms. The van der Waals surface area contributed by atoms with E-state index < -0.39 is 11.1 Å². The first kappa shape index (κ1) is 16.7. The van der Waals surface area contributed by atoms with Gasteiger partial charge in [0.05, 0.1) is 5.54 Å². The quantitative estimate of drug-likeness (QED) is 0.805. The summed E-state index contributed by atoms with van der Waals surface area (Å²) in [4.78, 5) is 0. The third kappa shape index (κ3) is 2.94. The zero-order valence-electron chi connectivity index (χ0n) is 13.8. The number of hydrogen-bond acceptors (Lipinski definition) is 2. The molecule has 0 aliphatic heterocycles. The van der Waals surface area contributed by atoms with E-state index in [9.17, 15) is 0 Å². The maximum atomic E-state index is 7.07. The first-order chi connectivity index (χ1) is 10.6. The lowest BCUT2D eigenvalue weighted by Gasteiger charge is -2.47. The molecule has 0 bridgehead atoms. The molecule has 0 fully saturated rings. The standard InChI is InChI=1S/C20H28N2/c1-3-15-19(21,16-4-2)20(22,17-11-7-5-8-12-17)18-13-9-6-10-14-18/h5-14H,3-4,15-16,21-22H2,1-2H3. The van der Waals surface area contributed by atoms with Gasteiger partial charge in [-0.15, -0.1) is 0 Å². The predicted octanol–water partition coefficient (Wildman–Crippen LogP) is 4.19. The normalized spacial score (nSPS) is 12.4. The van der Waals surface area contributed by atoms with Crippen LogP contribution in [0.4, 0.5) is 0 Å². The van der Waals surface area contributed by atoms with Gasteiger partial charge in [0.25, 0.3) is 0 Å². The van der Waals surface area contributed by atoms with Crippen LogP contribution in [0, 0.1) is 0 Å². The SMILES string of the molecule is CCCC(N)(CCC)C(N)(c1ccccc1)c1ccccc1. The second-order valence-corrected chi connectivity index (χ2v) is 6.20. The fraction of sp³-hybridized carbons (Fsp3) is 0.400. The van der Waals surface area contributed by atoms with Crippen LogP contribution in [0.5, 0.6) is 0 Å². The lowest BCUT2D eigenvalue weighted by atomic mass is 9.65. The lowest BCUT2D eigenvalue weighted by molar-refractivity contribution is 0.224. The van der Waals surface area contributed by atoms with Crippen LogP contribution < -0.4 is 11.5 Å². The molecule has 4 N–H and O–H groups in total. The summed E-state index contributed by atoms with van der Waals surface area (Å²) < 4.78 is 0. The summed E-state index contributed by atoms with van der Waals surface area (Å²) in [7, 11) is 0. The van der Waals surface area contributed by atoms with Crippen LogP contribution >= 0.6 is 0 Å². The second kappa shape index (κ2) is 7.08. The molecule has 0 spiro atoms. The van der Waals surface area contributed by atoms with Crippen molar-refractivity contribution in [3.05, 3.63) is 71.8 Å². The Kier molecular flexibility index (Phi) is 5.38. The summed E-state index contributed by atoms with van der Waals surface area (Å²) in [6.45, 7) is 4.35. The van der Waals surface area contributed by atoms with Crippen molar-refractivity contribution in [3.63, 3.8) is 0 Å². The number of rotatable bonds is 7. The molecule has 0 atom stereocenters. The summed E-state index contributed by atoms with van der Waals surface area (Å²) in [5, 5.41) is 0. The van der Waals surface area contributed by atoms with Gasteiger partial charge in [0.1, 0.15) is 0 Å². The van der Waals surface area contributed by atoms with Gasteiger partial charge in [-0.2, -0.15) is 0 Å². The Morgan fingerprint density at radius 2 is 1.05 bits per heavy atom. The fourth-order valence-electron chi connectivity index (χ4n) is 3.56. The van der Waals surface area contributed by atoms with Gasteiger partial charge in [-0.1, -0.05) is 87.4 Å². The van der Waals surface area contributed by atoms with Gasteiger partial charge in [-0.05, 0) is 24.0 Å². The third-order valence-corrected chi connectivity index (χ3v) is 4.64. The molecule has 0 unspecified atom stereocenters. The molecule has 0 amide bonds. The van der Waals surface area contributed by atoms with Crippen molar-refractivity contribution in [2.45, 2.75) is 50.6 Å². The molecule has 118 valence electrons. The zero-order chi connectivity index (χ0) is 16.1. The van der Waals surface area contributed by atoms with Crippen molar-refractivity contribution < 1.29 is 0 Å². The number of hydrogen-bond donors (Lipinski definition) is 2. The average Bonchev–Trinajstić information content (AvgIpc) is 2.56. The Morgan fingerprint density at radius 3 is 1.36 bits per heavy atom. The molecule has 0 radical (unpaired) electrons. The minimum Gasteiger partial charge on any atom is -0.323 e. The molecule has 0 saturated heterocycles. The van der Waals surface area contributed by atoms with E-state index in [1.165, 1.54) is 0 Å². The van der Waals surface area contributed by atoms with Gasteiger partial charge >= 0.3 is 0 Å². The molecular weight excluding hydrogens is 268 g/mol. The van der Waals surface area contributed by atoms with Crippen LogP contribution in [0.2, 0.25) is 0 Å². The highest BCUT2D eigenvalue weighted by Gasteiger charge is 2.47. The highest BCUT2D eigenvalue weighted by molar-refractivity contribution is 5.42. The van der Waals surface area contributed by atoms with Gasteiger partial charge in [-0.25, -0.2) is 0 Å². The van der Waals surface area contributed by atoms with Crippen LogP contribution in [-0.2, 0) is 5.54 Å². The van der Waals surface area contributed by atoms with Crippen LogP contribution in [0.25, 0.3) is 0 Å². The van der Waals surface area contributed by atoms with Crippen molar-refractivity contribution in [2.24, 2.45) is 11.5 Å². The van der Waals surface area contributed by atoms with Crippen molar-refractivity contribution in [2.75, 3.05) is 0 Å². The summed E-state index contributed by atoms with van der Waals surface area (Å²) in [5.74, 6) is 0. The van der Waals surface area contributed by atoms with Gasteiger partial charge in [0, 0.05) is 5.54 Å². The van der Waals surface area contributed by atoms with E-state index >= 15 is 0 Å². The Morgan fingerprint density at radius 1 is 0.682 bits per heavy atom. The Bertz CT molecular complexity index is 517. The molecule has 2 aromatic carbocycles. The van der Waals surface area contributed by atoms with Gasteiger partial charge in [0.15, 0.2) is 0 Å². The monoisotopic (exact) mass is 296 g/mol. The van der Waals surface area contributed by atoms with E-state index in [1.54, 1.807) is 0 Å². The predicted molar refractivity (Wildman–Crippen MR) is 94.6 cm³/mol. The van der Waals surface area contributed by atoms with Gasteiger partial charge in [0.2, 0.25) is 0 Å². The van der Waals surface area contributed by atoms with Crippen molar-refractivity contribution in [3.8, 4) is 0 Å². The maximum Gasteiger partial charge on any atom is 0.0848 e.